The Morgan fingerprint density at radius 1 is 1.20 bits per heavy atom. The van der Waals surface area contributed by atoms with Gasteiger partial charge in [0, 0.05) is 4.47 Å². The van der Waals surface area contributed by atoms with E-state index in [0.717, 1.165) is 13.0 Å². The summed E-state index contributed by atoms with van der Waals surface area (Å²) in [5, 5.41) is 0. The van der Waals surface area contributed by atoms with Crippen LogP contribution >= 0.6 is 15.9 Å². The molecule has 0 aliphatic rings. The van der Waals surface area contributed by atoms with Crippen LogP contribution in [0.5, 0.6) is 0 Å². The maximum atomic E-state index is 5.66. The van der Waals surface area contributed by atoms with Gasteiger partial charge in [0.15, 0.2) is 0 Å². The van der Waals surface area contributed by atoms with Crippen LogP contribution in [0.4, 0.5) is 0 Å². The zero-order valence-electron chi connectivity index (χ0n) is 10.0. The van der Waals surface area contributed by atoms with Crippen LogP contribution in [0.25, 0.3) is 0 Å². The molecule has 0 saturated carbocycles. The van der Waals surface area contributed by atoms with Crippen molar-refractivity contribution in [2.24, 2.45) is 5.73 Å². The largest absolute Gasteiger partial charge is 0.330 e. The third-order valence-corrected chi connectivity index (χ3v) is 3.86. The summed E-state index contributed by atoms with van der Waals surface area (Å²) in [5.74, 6) is 0. The molecule has 15 heavy (non-hydrogen) atoms. The molecule has 1 rings (SSSR count). The van der Waals surface area contributed by atoms with Crippen LogP contribution in [-0.2, 0) is 5.41 Å². The van der Waals surface area contributed by atoms with E-state index in [-0.39, 0.29) is 5.41 Å². The number of benzene rings is 1. The summed E-state index contributed by atoms with van der Waals surface area (Å²) in [7, 11) is 0. The Labute approximate surface area is 101 Å². The molecular formula is C13H20BrN. The quantitative estimate of drug-likeness (QED) is 0.890. The van der Waals surface area contributed by atoms with Gasteiger partial charge in [-0.05, 0) is 55.0 Å². The van der Waals surface area contributed by atoms with E-state index in [9.17, 15) is 0 Å². The van der Waals surface area contributed by atoms with E-state index in [0.29, 0.717) is 0 Å². The van der Waals surface area contributed by atoms with Crippen LogP contribution in [0.1, 0.15) is 37.0 Å². The van der Waals surface area contributed by atoms with Crippen molar-refractivity contribution in [3.05, 3.63) is 33.3 Å². The summed E-state index contributed by atoms with van der Waals surface area (Å²) in [4.78, 5) is 0. The molecule has 0 atom stereocenters. The predicted octanol–water partition coefficient (Wildman–Crippen LogP) is 3.69. The Kier molecular flexibility index (Phi) is 3.96. The Morgan fingerprint density at radius 3 is 2.33 bits per heavy atom. The van der Waals surface area contributed by atoms with Crippen molar-refractivity contribution < 1.29 is 0 Å². The molecule has 2 heteroatoms. The van der Waals surface area contributed by atoms with Crippen molar-refractivity contribution >= 4 is 15.9 Å². The van der Waals surface area contributed by atoms with Crippen molar-refractivity contribution in [2.75, 3.05) is 6.54 Å². The molecule has 0 radical (unpaired) electrons. The summed E-state index contributed by atoms with van der Waals surface area (Å²) in [6.45, 7) is 9.55. The van der Waals surface area contributed by atoms with Crippen molar-refractivity contribution in [2.45, 2.75) is 39.5 Å². The van der Waals surface area contributed by atoms with Crippen LogP contribution in [0, 0.1) is 13.8 Å². The molecule has 0 aliphatic carbocycles. The highest BCUT2D eigenvalue weighted by Gasteiger charge is 2.22. The third kappa shape index (κ3) is 2.82. The fraction of sp³-hybridized carbons (Fsp3) is 0.538. The van der Waals surface area contributed by atoms with Crippen molar-refractivity contribution in [3.8, 4) is 0 Å². The molecule has 1 aromatic carbocycles. The second-order valence-electron chi connectivity index (χ2n) is 4.84. The van der Waals surface area contributed by atoms with Gasteiger partial charge >= 0.3 is 0 Å². The molecule has 0 aromatic heterocycles. The Hall–Kier alpha value is -0.340. The van der Waals surface area contributed by atoms with Crippen molar-refractivity contribution in [1.29, 1.82) is 0 Å². The molecule has 0 aliphatic heterocycles. The predicted molar refractivity (Wildman–Crippen MR) is 70.3 cm³/mol. The molecule has 0 amide bonds. The van der Waals surface area contributed by atoms with Crippen LogP contribution in [0.3, 0.4) is 0 Å². The third-order valence-electron chi connectivity index (χ3n) is 3.00. The lowest BCUT2D eigenvalue weighted by atomic mass is 9.79. The molecule has 0 saturated heterocycles. The van der Waals surface area contributed by atoms with Gasteiger partial charge in [0.2, 0.25) is 0 Å². The van der Waals surface area contributed by atoms with Crippen molar-refractivity contribution in [3.63, 3.8) is 0 Å². The van der Waals surface area contributed by atoms with Crippen LogP contribution < -0.4 is 5.73 Å². The van der Waals surface area contributed by atoms with E-state index in [4.69, 9.17) is 5.73 Å². The van der Waals surface area contributed by atoms with E-state index in [1.165, 1.54) is 21.2 Å². The van der Waals surface area contributed by atoms with Gasteiger partial charge in [0.05, 0.1) is 0 Å². The van der Waals surface area contributed by atoms with E-state index in [1.54, 1.807) is 0 Å². The molecule has 0 heterocycles. The molecule has 1 nitrogen and oxygen atoms in total. The Bertz CT molecular complexity index is 356. The maximum absolute atomic E-state index is 5.66. The number of rotatable bonds is 3. The SMILES string of the molecule is Cc1cc(C(C)(C)CCN)c(C)cc1Br. The topological polar surface area (TPSA) is 26.0 Å². The first-order valence-electron chi connectivity index (χ1n) is 5.36. The molecule has 2 N–H and O–H groups in total. The lowest BCUT2D eigenvalue weighted by Crippen LogP contribution is -2.23. The smallest absolute Gasteiger partial charge is 0.0207 e. The second kappa shape index (κ2) is 4.67. The summed E-state index contributed by atoms with van der Waals surface area (Å²) >= 11 is 3.56. The number of halogens is 1. The number of hydrogen-bond acceptors (Lipinski definition) is 1. The summed E-state index contributed by atoms with van der Waals surface area (Å²) in [5.41, 5.74) is 9.87. The minimum absolute atomic E-state index is 0.171. The van der Waals surface area contributed by atoms with Crippen LogP contribution in [0.15, 0.2) is 16.6 Å². The Morgan fingerprint density at radius 2 is 1.80 bits per heavy atom. The molecule has 0 unspecified atom stereocenters. The van der Waals surface area contributed by atoms with Gasteiger partial charge in [-0.2, -0.15) is 0 Å². The summed E-state index contributed by atoms with van der Waals surface area (Å²) in [6.07, 6.45) is 1.02. The fourth-order valence-corrected chi connectivity index (χ4v) is 2.46. The first kappa shape index (κ1) is 12.7. The minimum Gasteiger partial charge on any atom is -0.330 e. The summed E-state index contributed by atoms with van der Waals surface area (Å²) in [6, 6.07) is 4.47. The number of nitrogens with two attached hydrogens (primary N) is 1. The number of hydrogen-bond donors (Lipinski definition) is 1. The van der Waals surface area contributed by atoms with Gasteiger partial charge in [0.1, 0.15) is 0 Å². The normalized spacial score (nSPS) is 11.9. The van der Waals surface area contributed by atoms with Crippen molar-refractivity contribution in [1.82, 2.24) is 0 Å². The molecule has 0 bridgehead atoms. The van der Waals surface area contributed by atoms with Crippen LogP contribution in [-0.4, -0.2) is 6.54 Å². The maximum Gasteiger partial charge on any atom is 0.0207 e. The fourth-order valence-electron chi connectivity index (χ4n) is 2.01. The standard InChI is InChI=1S/C13H20BrN/c1-9-8-12(14)10(2)7-11(9)13(3,4)5-6-15/h7-8H,5-6,15H2,1-4H3. The first-order valence-corrected chi connectivity index (χ1v) is 6.15. The summed E-state index contributed by atoms with van der Waals surface area (Å²) < 4.78 is 1.19. The second-order valence-corrected chi connectivity index (χ2v) is 5.69. The lowest BCUT2D eigenvalue weighted by Gasteiger charge is -2.27. The first-order chi connectivity index (χ1) is 6.88. The van der Waals surface area contributed by atoms with E-state index >= 15 is 0 Å². The van der Waals surface area contributed by atoms with Gasteiger partial charge in [-0.15, -0.1) is 0 Å². The molecular weight excluding hydrogens is 250 g/mol. The van der Waals surface area contributed by atoms with Gasteiger partial charge in [0.25, 0.3) is 0 Å². The molecule has 84 valence electrons. The van der Waals surface area contributed by atoms with Gasteiger partial charge in [-0.3, -0.25) is 0 Å². The lowest BCUT2D eigenvalue weighted by molar-refractivity contribution is 0.484. The highest BCUT2D eigenvalue weighted by molar-refractivity contribution is 9.10. The average Bonchev–Trinajstić information content (AvgIpc) is 2.11. The highest BCUT2D eigenvalue weighted by atomic mass is 79.9. The molecule has 1 aromatic rings. The zero-order valence-corrected chi connectivity index (χ0v) is 11.6. The van der Waals surface area contributed by atoms with E-state index < -0.39 is 0 Å². The van der Waals surface area contributed by atoms with E-state index in [2.05, 4.69) is 55.8 Å². The average molecular weight is 270 g/mol. The van der Waals surface area contributed by atoms with Gasteiger partial charge in [-0.1, -0.05) is 35.8 Å². The highest BCUT2D eigenvalue weighted by Crippen LogP contribution is 2.32. The zero-order chi connectivity index (χ0) is 11.6. The Balaban J connectivity index is 3.19. The van der Waals surface area contributed by atoms with Crippen LogP contribution in [0.2, 0.25) is 0 Å². The van der Waals surface area contributed by atoms with E-state index in [1.807, 2.05) is 0 Å². The monoisotopic (exact) mass is 269 g/mol. The molecule has 0 fully saturated rings. The van der Waals surface area contributed by atoms with Gasteiger partial charge < -0.3 is 5.73 Å². The molecule has 0 spiro atoms. The van der Waals surface area contributed by atoms with Gasteiger partial charge in [-0.25, -0.2) is 0 Å². The minimum atomic E-state index is 0.171. The number of aryl methyl sites for hydroxylation is 2.